The molecule has 0 bridgehead atoms. The van der Waals surface area contributed by atoms with E-state index in [2.05, 4.69) is 10.2 Å². The molecule has 0 spiro atoms. The van der Waals surface area contributed by atoms with E-state index in [1.807, 2.05) is 4.90 Å². The van der Waals surface area contributed by atoms with Crippen LogP contribution in [-0.4, -0.2) is 92.2 Å². The van der Waals surface area contributed by atoms with Gasteiger partial charge in [-0.3, -0.25) is 9.69 Å². The molecule has 2 rings (SSSR count). The predicted octanol–water partition coefficient (Wildman–Crippen LogP) is 0.378. The molecular weight excluding hydrogens is 297 g/mol. The number of alkyl halides is 3. The predicted molar refractivity (Wildman–Crippen MR) is 77.6 cm³/mol. The smallest absolute Gasteiger partial charge is 0.340 e. The first kappa shape index (κ1) is 17.5. The highest BCUT2D eigenvalue weighted by Gasteiger charge is 2.31. The molecule has 0 aromatic heterocycles. The second kappa shape index (κ2) is 8.12. The van der Waals surface area contributed by atoms with E-state index in [-0.39, 0.29) is 5.91 Å². The van der Waals surface area contributed by atoms with Gasteiger partial charge < -0.3 is 15.1 Å². The van der Waals surface area contributed by atoms with Gasteiger partial charge in [-0.1, -0.05) is 0 Å². The summed E-state index contributed by atoms with van der Waals surface area (Å²) >= 11 is 0. The molecule has 5 nitrogen and oxygen atoms in total. The first-order valence-electron chi connectivity index (χ1n) is 7.94. The zero-order valence-electron chi connectivity index (χ0n) is 12.9. The van der Waals surface area contributed by atoms with Crippen LogP contribution in [0, 0.1) is 0 Å². The van der Waals surface area contributed by atoms with E-state index in [1.165, 1.54) is 4.90 Å². The van der Waals surface area contributed by atoms with Gasteiger partial charge in [0.05, 0.1) is 6.54 Å². The fraction of sp³-hybridized carbons (Fsp3) is 0.929. The minimum Gasteiger partial charge on any atom is -0.340 e. The highest BCUT2D eigenvalue weighted by Crippen LogP contribution is 2.17. The van der Waals surface area contributed by atoms with E-state index in [9.17, 15) is 18.0 Å². The molecule has 0 atom stereocenters. The van der Waals surface area contributed by atoms with Crippen molar-refractivity contribution in [1.82, 2.24) is 20.0 Å². The SMILES string of the molecule is O=C(CCN1CCCN(CC(F)(F)F)CC1)N1CCNCC1. The Bertz CT molecular complexity index is 358. The summed E-state index contributed by atoms with van der Waals surface area (Å²) in [6.45, 7) is 5.24. The summed E-state index contributed by atoms with van der Waals surface area (Å²) in [5, 5.41) is 3.21. The molecular formula is C14H25F3N4O. The molecule has 0 aromatic carbocycles. The maximum Gasteiger partial charge on any atom is 0.401 e. The van der Waals surface area contributed by atoms with Crippen molar-refractivity contribution in [1.29, 1.82) is 0 Å². The molecule has 0 radical (unpaired) electrons. The number of hydrogen-bond donors (Lipinski definition) is 1. The van der Waals surface area contributed by atoms with Crippen LogP contribution in [0.2, 0.25) is 0 Å². The third-order valence-corrected chi connectivity index (χ3v) is 4.20. The zero-order valence-corrected chi connectivity index (χ0v) is 12.9. The topological polar surface area (TPSA) is 38.8 Å². The number of carbonyl (C=O) groups is 1. The molecule has 0 aliphatic carbocycles. The van der Waals surface area contributed by atoms with Gasteiger partial charge in [-0.2, -0.15) is 13.2 Å². The summed E-state index contributed by atoms with van der Waals surface area (Å²) in [7, 11) is 0. The van der Waals surface area contributed by atoms with Crippen LogP contribution < -0.4 is 5.32 Å². The lowest BCUT2D eigenvalue weighted by atomic mass is 10.3. The van der Waals surface area contributed by atoms with Crippen LogP contribution in [-0.2, 0) is 4.79 Å². The van der Waals surface area contributed by atoms with E-state index in [4.69, 9.17) is 0 Å². The minimum atomic E-state index is -4.13. The quantitative estimate of drug-likeness (QED) is 0.812. The molecule has 128 valence electrons. The highest BCUT2D eigenvalue weighted by atomic mass is 19.4. The Morgan fingerprint density at radius 1 is 0.955 bits per heavy atom. The fourth-order valence-electron chi connectivity index (χ4n) is 2.99. The molecule has 1 amide bonds. The Hall–Kier alpha value is -0.860. The lowest BCUT2D eigenvalue weighted by Gasteiger charge is -2.28. The van der Waals surface area contributed by atoms with Crippen molar-refractivity contribution >= 4 is 5.91 Å². The van der Waals surface area contributed by atoms with Gasteiger partial charge in [0.15, 0.2) is 0 Å². The number of piperazine rings is 1. The molecule has 2 fully saturated rings. The Labute approximate surface area is 129 Å². The van der Waals surface area contributed by atoms with E-state index < -0.39 is 12.7 Å². The molecule has 2 heterocycles. The Morgan fingerprint density at radius 2 is 1.59 bits per heavy atom. The summed E-state index contributed by atoms with van der Waals surface area (Å²) in [4.78, 5) is 17.5. The van der Waals surface area contributed by atoms with Gasteiger partial charge in [-0.05, 0) is 19.5 Å². The summed E-state index contributed by atoms with van der Waals surface area (Å²) in [5.41, 5.74) is 0. The lowest BCUT2D eigenvalue weighted by Crippen LogP contribution is -2.47. The second-order valence-corrected chi connectivity index (χ2v) is 5.97. The molecule has 1 N–H and O–H groups in total. The lowest BCUT2D eigenvalue weighted by molar-refractivity contribution is -0.145. The van der Waals surface area contributed by atoms with Gasteiger partial charge in [0.25, 0.3) is 0 Å². The standard InChI is InChI=1S/C14H25F3N4O/c15-14(16,17)12-20-6-1-5-19(10-11-20)7-2-13(22)21-8-3-18-4-9-21/h18H,1-12H2. The molecule has 0 aromatic rings. The normalized spacial score (nSPS) is 22.6. The number of carbonyl (C=O) groups excluding carboxylic acids is 1. The molecule has 0 saturated carbocycles. The molecule has 0 unspecified atom stereocenters. The monoisotopic (exact) mass is 322 g/mol. The van der Waals surface area contributed by atoms with Gasteiger partial charge in [0, 0.05) is 52.2 Å². The van der Waals surface area contributed by atoms with E-state index in [1.54, 1.807) is 0 Å². The number of nitrogens with one attached hydrogen (secondary N) is 1. The average molecular weight is 322 g/mol. The average Bonchev–Trinajstić information content (AvgIpc) is 2.69. The molecule has 2 saturated heterocycles. The fourth-order valence-corrected chi connectivity index (χ4v) is 2.99. The summed E-state index contributed by atoms with van der Waals surface area (Å²) in [6, 6.07) is 0. The van der Waals surface area contributed by atoms with Crippen molar-refractivity contribution in [2.75, 3.05) is 65.4 Å². The first-order valence-corrected chi connectivity index (χ1v) is 7.94. The van der Waals surface area contributed by atoms with Crippen LogP contribution in [0.4, 0.5) is 13.2 Å². The van der Waals surface area contributed by atoms with Crippen LogP contribution in [0.25, 0.3) is 0 Å². The number of nitrogens with zero attached hydrogens (tertiary/aromatic N) is 3. The number of rotatable bonds is 4. The Morgan fingerprint density at radius 3 is 2.27 bits per heavy atom. The largest absolute Gasteiger partial charge is 0.401 e. The van der Waals surface area contributed by atoms with Crippen LogP contribution in [0.3, 0.4) is 0 Å². The summed E-state index contributed by atoms with van der Waals surface area (Å²) in [5.74, 6) is 0.151. The van der Waals surface area contributed by atoms with Crippen LogP contribution in [0.1, 0.15) is 12.8 Å². The minimum absolute atomic E-state index is 0.151. The summed E-state index contributed by atoms with van der Waals surface area (Å²) < 4.78 is 37.3. The number of amides is 1. The third-order valence-electron chi connectivity index (χ3n) is 4.20. The van der Waals surface area contributed by atoms with E-state index >= 15 is 0 Å². The molecule has 22 heavy (non-hydrogen) atoms. The maximum atomic E-state index is 12.4. The third kappa shape index (κ3) is 6.10. The number of hydrogen-bond acceptors (Lipinski definition) is 4. The summed E-state index contributed by atoms with van der Waals surface area (Å²) in [6.07, 6.45) is -2.95. The molecule has 2 aliphatic rings. The van der Waals surface area contributed by atoms with E-state index in [0.29, 0.717) is 32.6 Å². The Balaban J connectivity index is 1.69. The van der Waals surface area contributed by atoms with Crippen molar-refractivity contribution in [3.63, 3.8) is 0 Å². The second-order valence-electron chi connectivity index (χ2n) is 5.97. The van der Waals surface area contributed by atoms with Gasteiger partial charge in [-0.15, -0.1) is 0 Å². The van der Waals surface area contributed by atoms with Gasteiger partial charge in [0.2, 0.25) is 5.91 Å². The van der Waals surface area contributed by atoms with Crippen molar-refractivity contribution in [2.24, 2.45) is 0 Å². The van der Waals surface area contributed by atoms with Crippen LogP contribution in [0.5, 0.6) is 0 Å². The van der Waals surface area contributed by atoms with Crippen LogP contribution >= 0.6 is 0 Å². The Kier molecular flexibility index (Phi) is 6.46. The van der Waals surface area contributed by atoms with Gasteiger partial charge in [0.1, 0.15) is 0 Å². The molecule has 2 aliphatic heterocycles. The van der Waals surface area contributed by atoms with Crippen molar-refractivity contribution in [3.8, 4) is 0 Å². The van der Waals surface area contributed by atoms with Gasteiger partial charge in [-0.25, -0.2) is 0 Å². The van der Waals surface area contributed by atoms with E-state index in [0.717, 1.165) is 39.1 Å². The highest BCUT2D eigenvalue weighted by molar-refractivity contribution is 5.76. The number of halogens is 3. The zero-order chi connectivity index (χ0) is 16.0. The molecule has 8 heteroatoms. The van der Waals surface area contributed by atoms with Gasteiger partial charge >= 0.3 is 6.18 Å². The first-order chi connectivity index (χ1) is 10.4. The van der Waals surface area contributed by atoms with Crippen molar-refractivity contribution in [3.05, 3.63) is 0 Å². The van der Waals surface area contributed by atoms with Crippen molar-refractivity contribution < 1.29 is 18.0 Å². The maximum absolute atomic E-state index is 12.4. The van der Waals surface area contributed by atoms with Crippen molar-refractivity contribution in [2.45, 2.75) is 19.0 Å². The van der Waals surface area contributed by atoms with Crippen LogP contribution in [0.15, 0.2) is 0 Å².